The fourth-order valence-corrected chi connectivity index (χ4v) is 3.72. The Hall–Kier alpha value is -1.15. The van der Waals surface area contributed by atoms with Crippen molar-refractivity contribution in [1.29, 1.82) is 0 Å². The highest BCUT2D eigenvalue weighted by molar-refractivity contribution is 14.1. The Bertz CT molecular complexity index is 590. The van der Waals surface area contributed by atoms with Crippen LogP contribution in [0.15, 0.2) is 24.3 Å². The van der Waals surface area contributed by atoms with Crippen LogP contribution < -0.4 is 0 Å². The highest BCUT2D eigenvalue weighted by atomic mass is 127. The quantitative estimate of drug-likeness (QED) is 0.133. The average molecular weight is 518 g/mol. The maximum Gasteiger partial charge on any atom is 0.335 e. The maximum atomic E-state index is 12.2. The van der Waals surface area contributed by atoms with Crippen molar-refractivity contribution in [1.82, 2.24) is 0 Å². The molecule has 0 heterocycles. The Morgan fingerprint density at radius 2 is 1.59 bits per heavy atom. The van der Waals surface area contributed by atoms with Gasteiger partial charge in [0.1, 0.15) is 0 Å². The minimum Gasteiger partial charge on any atom is -0.469 e. The minimum absolute atomic E-state index is 0.191. The van der Waals surface area contributed by atoms with E-state index >= 15 is 0 Å². The molecule has 1 aromatic rings. The van der Waals surface area contributed by atoms with E-state index in [4.69, 9.17) is 9.47 Å². The number of unbranched alkanes of at least 4 members (excludes halogenated alkanes) is 5. The van der Waals surface area contributed by atoms with Gasteiger partial charge in [-0.1, -0.05) is 66.1 Å². The third kappa shape index (κ3) is 11.6. The van der Waals surface area contributed by atoms with Crippen LogP contribution in [0.25, 0.3) is 0 Å². The first-order chi connectivity index (χ1) is 14.1. The van der Waals surface area contributed by atoms with Crippen LogP contribution in [0.4, 0.5) is 0 Å². The van der Waals surface area contributed by atoms with Gasteiger partial charge in [0, 0.05) is 19.4 Å². The molecule has 0 saturated carbocycles. The Morgan fingerprint density at radius 3 is 2.28 bits per heavy atom. The van der Waals surface area contributed by atoms with Crippen LogP contribution in [0.2, 0.25) is 0 Å². The van der Waals surface area contributed by atoms with Crippen molar-refractivity contribution in [3.63, 3.8) is 0 Å². The van der Waals surface area contributed by atoms with Crippen LogP contribution in [0.5, 0.6) is 0 Å². The largest absolute Gasteiger partial charge is 0.469 e. The van der Waals surface area contributed by atoms with E-state index in [-0.39, 0.29) is 11.9 Å². The molecule has 0 radical (unpaired) electrons. The zero-order valence-electron chi connectivity index (χ0n) is 17.8. The molecule has 0 saturated heterocycles. The summed E-state index contributed by atoms with van der Waals surface area (Å²) in [7, 11) is 2.79. The van der Waals surface area contributed by atoms with Gasteiger partial charge in [-0.3, -0.25) is 4.79 Å². The number of hydrogen-bond acceptors (Lipinski definition) is 5. The Balaban J connectivity index is 2.51. The van der Waals surface area contributed by atoms with E-state index in [9.17, 15) is 9.59 Å². The monoisotopic (exact) mass is 518 g/mol. The zero-order valence-corrected chi connectivity index (χ0v) is 19.9. The number of methoxy groups -OCH3 is 2. The SMILES string of the molecule is COC(=O)CCCCCOC(Cc1ccccc1CCCCCCI)C(=O)OC. The lowest BCUT2D eigenvalue weighted by Gasteiger charge is -2.18. The molecular formula is C23H35IO5. The van der Waals surface area contributed by atoms with Crippen LogP contribution >= 0.6 is 22.6 Å². The summed E-state index contributed by atoms with van der Waals surface area (Å²) in [6.45, 7) is 0.472. The number of esters is 2. The summed E-state index contributed by atoms with van der Waals surface area (Å²) in [6, 6.07) is 8.29. The molecule has 1 rings (SSSR count). The van der Waals surface area contributed by atoms with E-state index in [0.29, 0.717) is 19.4 Å². The first kappa shape index (κ1) is 25.9. The van der Waals surface area contributed by atoms with Crippen molar-refractivity contribution >= 4 is 34.5 Å². The van der Waals surface area contributed by atoms with Crippen molar-refractivity contribution in [2.45, 2.75) is 70.3 Å². The number of rotatable bonds is 16. The van der Waals surface area contributed by atoms with Crippen LogP contribution in [0.1, 0.15) is 62.5 Å². The van der Waals surface area contributed by atoms with Crippen molar-refractivity contribution in [3.8, 4) is 0 Å². The van der Waals surface area contributed by atoms with Crippen molar-refractivity contribution in [2.24, 2.45) is 0 Å². The number of alkyl halides is 1. The molecule has 0 bridgehead atoms. The zero-order chi connectivity index (χ0) is 21.3. The van der Waals surface area contributed by atoms with Gasteiger partial charge in [-0.15, -0.1) is 0 Å². The summed E-state index contributed by atoms with van der Waals surface area (Å²) in [4.78, 5) is 23.3. The van der Waals surface area contributed by atoms with E-state index in [2.05, 4.69) is 45.5 Å². The van der Waals surface area contributed by atoms with E-state index in [1.807, 2.05) is 6.07 Å². The number of benzene rings is 1. The van der Waals surface area contributed by atoms with Gasteiger partial charge in [-0.25, -0.2) is 4.79 Å². The van der Waals surface area contributed by atoms with Crippen LogP contribution in [-0.2, 0) is 36.6 Å². The molecule has 0 aliphatic carbocycles. The molecule has 6 heteroatoms. The molecule has 1 aromatic carbocycles. The topological polar surface area (TPSA) is 61.8 Å². The summed E-state index contributed by atoms with van der Waals surface area (Å²) in [5, 5.41) is 0. The minimum atomic E-state index is -0.597. The Morgan fingerprint density at radius 1 is 0.897 bits per heavy atom. The third-order valence-electron chi connectivity index (χ3n) is 4.89. The molecule has 164 valence electrons. The molecule has 29 heavy (non-hydrogen) atoms. The van der Waals surface area contributed by atoms with Gasteiger partial charge in [-0.2, -0.15) is 0 Å². The highest BCUT2D eigenvalue weighted by Gasteiger charge is 2.21. The van der Waals surface area contributed by atoms with Gasteiger partial charge >= 0.3 is 11.9 Å². The predicted molar refractivity (Wildman–Crippen MR) is 123 cm³/mol. The smallest absolute Gasteiger partial charge is 0.335 e. The molecule has 0 spiro atoms. The molecule has 0 amide bonds. The number of carbonyl (C=O) groups excluding carboxylic acids is 2. The number of halogens is 1. The number of hydrogen-bond donors (Lipinski definition) is 0. The molecule has 0 fully saturated rings. The van der Waals surface area contributed by atoms with Gasteiger partial charge in [-0.05, 0) is 47.7 Å². The Kier molecular flexibility index (Phi) is 14.8. The summed E-state index contributed by atoms with van der Waals surface area (Å²) >= 11 is 2.42. The van der Waals surface area contributed by atoms with Gasteiger partial charge in [0.25, 0.3) is 0 Å². The lowest BCUT2D eigenvalue weighted by atomic mass is 9.97. The van der Waals surface area contributed by atoms with Gasteiger partial charge in [0.2, 0.25) is 0 Å². The highest BCUT2D eigenvalue weighted by Crippen LogP contribution is 2.17. The number of carbonyl (C=O) groups is 2. The molecule has 0 N–H and O–H groups in total. The maximum absolute atomic E-state index is 12.2. The molecule has 0 aliphatic heterocycles. The van der Waals surface area contributed by atoms with Crippen molar-refractivity contribution < 1.29 is 23.8 Å². The summed E-state index contributed by atoms with van der Waals surface area (Å²) in [5.41, 5.74) is 2.44. The van der Waals surface area contributed by atoms with Gasteiger partial charge in [0.05, 0.1) is 14.2 Å². The van der Waals surface area contributed by atoms with Crippen molar-refractivity contribution in [3.05, 3.63) is 35.4 Å². The molecular weight excluding hydrogens is 483 g/mol. The first-order valence-corrected chi connectivity index (χ1v) is 12.0. The van der Waals surface area contributed by atoms with E-state index in [1.165, 1.54) is 43.5 Å². The molecule has 0 aromatic heterocycles. The molecule has 1 unspecified atom stereocenters. The first-order valence-electron chi connectivity index (χ1n) is 10.5. The van der Waals surface area contributed by atoms with Crippen molar-refractivity contribution in [2.75, 3.05) is 25.3 Å². The molecule has 1 atom stereocenters. The third-order valence-corrected chi connectivity index (χ3v) is 5.65. The fourth-order valence-electron chi connectivity index (χ4n) is 3.18. The van der Waals surface area contributed by atoms with E-state index in [0.717, 1.165) is 37.7 Å². The van der Waals surface area contributed by atoms with Crippen LogP contribution in [-0.4, -0.2) is 43.3 Å². The van der Waals surface area contributed by atoms with Crippen LogP contribution in [0, 0.1) is 0 Å². The predicted octanol–water partition coefficient (Wildman–Crippen LogP) is 5.06. The van der Waals surface area contributed by atoms with Gasteiger partial charge < -0.3 is 14.2 Å². The lowest BCUT2D eigenvalue weighted by molar-refractivity contribution is -0.154. The second-order valence-electron chi connectivity index (χ2n) is 7.10. The standard InChI is InChI=1S/C23H35IO5/c1-27-22(25)15-7-5-11-17-29-21(23(26)28-2)18-20-14-9-8-13-19(20)12-6-3-4-10-16-24/h8-9,13-14,21H,3-7,10-12,15-18H2,1-2H3. The normalized spacial score (nSPS) is 11.8. The fraction of sp³-hybridized carbons (Fsp3) is 0.652. The second kappa shape index (κ2) is 16.6. The Labute approximate surface area is 189 Å². The lowest BCUT2D eigenvalue weighted by Crippen LogP contribution is -2.29. The van der Waals surface area contributed by atoms with E-state index in [1.54, 1.807) is 0 Å². The number of ether oxygens (including phenoxy) is 3. The molecule has 5 nitrogen and oxygen atoms in total. The average Bonchev–Trinajstić information content (AvgIpc) is 2.75. The second-order valence-corrected chi connectivity index (χ2v) is 8.17. The number of aryl methyl sites for hydroxylation is 1. The van der Waals surface area contributed by atoms with E-state index < -0.39 is 6.10 Å². The van der Waals surface area contributed by atoms with Crippen LogP contribution in [0.3, 0.4) is 0 Å². The molecule has 0 aliphatic rings. The summed E-state index contributed by atoms with van der Waals surface area (Å²) in [6.07, 6.45) is 8.74. The summed E-state index contributed by atoms with van der Waals surface area (Å²) < 4.78 is 16.7. The summed E-state index contributed by atoms with van der Waals surface area (Å²) in [5.74, 6) is -0.527. The van der Waals surface area contributed by atoms with Gasteiger partial charge in [0.15, 0.2) is 6.10 Å².